The molecule has 2 atom stereocenters. The molecule has 0 aromatic heterocycles. The lowest BCUT2D eigenvalue weighted by Gasteiger charge is -2.24. The fourth-order valence-corrected chi connectivity index (χ4v) is 3.43. The third kappa shape index (κ3) is 3.55. The maximum atomic E-state index is 12.2. The fraction of sp³-hybridized carbons (Fsp3) is 0.750. The van der Waals surface area contributed by atoms with E-state index in [-0.39, 0.29) is 17.9 Å². The van der Waals surface area contributed by atoms with Crippen molar-refractivity contribution >= 4 is 15.9 Å². The van der Waals surface area contributed by atoms with Crippen LogP contribution in [0.5, 0.6) is 0 Å². The molecule has 1 aliphatic carbocycles. The lowest BCUT2D eigenvalue weighted by Crippen LogP contribution is -2.39. The Bertz CT molecular complexity index is 444. The van der Waals surface area contributed by atoms with Crippen LogP contribution in [0.2, 0.25) is 0 Å². The van der Waals surface area contributed by atoms with Gasteiger partial charge in [-0.15, -0.1) is 0 Å². The second kappa shape index (κ2) is 5.40. The van der Waals surface area contributed by atoms with E-state index in [4.69, 9.17) is 0 Å². The summed E-state index contributed by atoms with van der Waals surface area (Å²) < 4.78 is 24.9. The van der Waals surface area contributed by atoms with Crippen LogP contribution in [-0.4, -0.2) is 44.6 Å². The molecule has 1 fully saturated rings. The van der Waals surface area contributed by atoms with Crippen molar-refractivity contribution in [3.8, 4) is 0 Å². The summed E-state index contributed by atoms with van der Waals surface area (Å²) >= 11 is 0. The number of carbonyl (C=O) groups excluding carboxylic acids is 1. The number of hydrogen-bond donors (Lipinski definition) is 1. The first-order valence-corrected chi connectivity index (χ1v) is 8.26. The highest BCUT2D eigenvalue weighted by Crippen LogP contribution is 2.22. The van der Waals surface area contributed by atoms with Crippen LogP contribution >= 0.6 is 0 Å². The number of likely N-dealkylation sites (tertiary alicyclic amines) is 1. The topological polar surface area (TPSA) is 66.5 Å². The molecule has 0 bridgehead atoms. The molecule has 1 amide bonds. The minimum atomic E-state index is -3.18. The van der Waals surface area contributed by atoms with Gasteiger partial charge in [-0.25, -0.2) is 13.1 Å². The molecule has 0 aromatic rings. The van der Waals surface area contributed by atoms with Gasteiger partial charge in [0.05, 0.1) is 6.26 Å². The zero-order valence-corrected chi connectivity index (χ0v) is 11.4. The molecular weight excluding hydrogens is 252 g/mol. The van der Waals surface area contributed by atoms with Crippen LogP contribution in [0.15, 0.2) is 12.2 Å². The molecule has 1 heterocycles. The molecule has 1 saturated heterocycles. The quantitative estimate of drug-likeness (QED) is 0.761. The van der Waals surface area contributed by atoms with Crippen LogP contribution in [-0.2, 0) is 14.8 Å². The van der Waals surface area contributed by atoms with Crippen LogP contribution < -0.4 is 4.72 Å². The van der Waals surface area contributed by atoms with Crippen molar-refractivity contribution in [2.24, 2.45) is 5.92 Å². The number of allylic oxidation sites excluding steroid dienone is 2. The van der Waals surface area contributed by atoms with E-state index in [2.05, 4.69) is 16.9 Å². The Morgan fingerprint density at radius 3 is 2.72 bits per heavy atom. The Morgan fingerprint density at radius 1 is 1.33 bits per heavy atom. The molecule has 2 aliphatic rings. The van der Waals surface area contributed by atoms with Gasteiger partial charge in [0, 0.05) is 25.0 Å². The van der Waals surface area contributed by atoms with Crippen molar-refractivity contribution in [2.45, 2.75) is 31.7 Å². The van der Waals surface area contributed by atoms with Gasteiger partial charge in [-0.05, 0) is 25.7 Å². The van der Waals surface area contributed by atoms with Gasteiger partial charge in [0.1, 0.15) is 0 Å². The average Bonchev–Trinajstić information content (AvgIpc) is 2.75. The Hall–Kier alpha value is -0.880. The van der Waals surface area contributed by atoms with Crippen LogP contribution in [0, 0.1) is 5.92 Å². The van der Waals surface area contributed by atoms with Crippen LogP contribution in [0.3, 0.4) is 0 Å². The Labute approximate surface area is 108 Å². The van der Waals surface area contributed by atoms with E-state index in [0.717, 1.165) is 25.5 Å². The first-order chi connectivity index (χ1) is 8.46. The highest BCUT2D eigenvalue weighted by atomic mass is 32.2. The second-order valence-electron chi connectivity index (χ2n) is 5.14. The van der Waals surface area contributed by atoms with Crippen LogP contribution in [0.1, 0.15) is 25.7 Å². The minimum Gasteiger partial charge on any atom is -0.341 e. The molecular formula is C12H20N2O3S. The SMILES string of the molecule is CS(=O)(=O)N[C@@H]1CCN(C(=O)[C@H]2CC=CCC2)C1. The lowest BCUT2D eigenvalue weighted by molar-refractivity contribution is -0.134. The summed E-state index contributed by atoms with van der Waals surface area (Å²) in [5.41, 5.74) is 0. The van der Waals surface area contributed by atoms with Crippen molar-refractivity contribution < 1.29 is 13.2 Å². The number of carbonyl (C=O) groups is 1. The Balaban J connectivity index is 1.88. The van der Waals surface area contributed by atoms with Crippen molar-refractivity contribution in [1.29, 1.82) is 0 Å². The molecule has 5 nitrogen and oxygen atoms in total. The number of hydrogen-bond acceptors (Lipinski definition) is 3. The van der Waals surface area contributed by atoms with E-state index in [1.807, 2.05) is 0 Å². The van der Waals surface area contributed by atoms with Crippen molar-refractivity contribution in [3.63, 3.8) is 0 Å². The van der Waals surface area contributed by atoms with E-state index in [0.29, 0.717) is 19.5 Å². The minimum absolute atomic E-state index is 0.0898. The van der Waals surface area contributed by atoms with Crippen LogP contribution in [0.25, 0.3) is 0 Å². The average molecular weight is 272 g/mol. The molecule has 0 spiro atoms. The molecule has 0 saturated carbocycles. The summed E-state index contributed by atoms with van der Waals surface area (Å²) in [5, 5.41) is 0. The third-order valence-electron chi connectivity index (χ3n) is 3.50. The number of amides is 1. The van der Waals surface area contributed by atoms with Gasteiger partial charge >= 0.3 is 0 Å². The predicted molar refractivity (Wildman–Crippen MR) is 69.4 cm³/mol. The standard InChI is InChI=1S/C12H20N2O3S/c1-18(16,17)13-11-7-8-14(9-11)12(15)10-5-3-2-4-6-10/h2-3,10-11,13H,4-9H2,1H3/t10-,11+/m0/s1. The Morgan fingerprint density at radius 2 is 2.11 bits per heavy atom. The van der Waals surface area contributed by atoms with E-state index >= 15 is 0 Å². The molecule has 6 heteroatoms. The van der Waals surface area contributed by atoms with Gasteiger partial charge in [0.25, 0.3) is 0 Å². The zero-order valence-electron chi connectivity index (χ0n) is 10.6. The lowest BCUT2D eigenvalue weighted by atomic mass is 9.93. The first kappa shape index (κ1) is 13.5. The van der Waals surface area contributed by atoms with Crippen LogP contribution in [0.4, 0.5) is 0 Å². The van der Waals surface area contributed by atoms with Gasteiger partial charge in [0.15, 0.2) is 0 Å². The number of nitrogens with zero attached hydrogens (tertiary/aromatic N) is 1. The summed E-state index contributed by atoms with van der Waals surface area (Å²) in [6.45, 7) is 1.17. The molecule has 0 radical (unpaired) electrons. The summed E-state index contributed by atoms with van der Waals surface area (Å²) in [6, 6.07) is -0.122. The molecule has 2 rings (SSSR count). The van der Waals surface area contributed by atoms with Crippen molar-refractivity contribution in [3.05, 3.63) is 12.2 Å². The highest BCUT2D eigenvalue weighted by molar-refractivity contribution is 7.88. The Kier molecular flexibility index (Phi) is 4.07. The maximum absolute atomic E-state index is 12.2. The fourth-order valence-electron chi connectivity index (χ4n) is 2.64. The second-order valence-corrected chi connectivity index (χ2v) is 6.92. The first-order valence-electron chi connectivity index (χ1n) is 6.37. The maximum Gasteiger partial charge on any atom is 0.226 e. The predicted octanol–water partition coefficient (Wildman–Crippen LogP) is 0.493. The number of nitrogens with one attached hydrogen (secondary N) is 1. The third-order valence-corrected chi connectivity index (χ3v) is 4.26. The number of rotatable bonds is 3. The van der Waals surface area contributed by atoms with Gasteiger partial charge in [-0.2, -0.15) is 0 Å². The molecule has 0 aromatic carbocycles. The van der Waals surface area contributed by atoms with Crippen molar-refractivity contribution in [1.82, 2.24) is 9.62 Å². The number of sulfonamides is 1. The zero-order chi connectivity index (χ0) is 13.2. The summed E-state index contributed by atoms with van der Waals surface area (Å²) in [5.74, 6) is 0.268. The largest absolute Gasteiger partial charge is 0.341 e. The van der Waals surface area contributed by atoms with E-state index < -0.39 is 10.0 Å². The summed E-state index contributed by atoms with van der Waals surface area (Å²) in [4.78, 5) is 14.0. The van der Waals surface area contributed by atoms with Gasteiger partial charge in [0.2, 0.25) is 15.9 Å². The van der Waals surface area contributed by atoms with Gasteiger partial charge < -0.3 is 4.90 Å². The normalized spacial score (nSPS) is 28.6. The monoisotopic (exact) mass is 272 g/mol. The molecule has 1 N–H and O–H groups in total. The molecule has 0 unspecified atom stereocenters. The van der Waals surface area contributed by atoms with Gasteiger partial charge in [-0.1, -0.05) is 12.2 Å². The molecule has 18 heavy (non-hydrogen) atoms. The van der Waals surface area contributed by atoms with E-state index in [1.165, 1.54) is 0 Å². The molecule has 102 valence electrons. The summed E-state index contributed by atoms with van der Waals surface area (Å²) in [6.07, 6.45) is 8.74. The summed E-state index contributed by atoms with van der Waals surface area (Å²) in [7, 11) is -3.18. The van der Waals surface area contributed by atoms with Gasteiger partial charge in [-0.3, -0.25) is 4.79 Å². The smallest absolute Gasteiger partial charge is 0.226 e. The van der Waals surface area contributed by atoms with E-state index in [1.54, 1.807) is 4.90 Å². The van der Waals surface area contributed by atoms with E-state index in [9.17, 15) is 13.2 Å². The van der Waals surface area contributed by atoms with Crippen molar-refractivity contribution in [2.75, 3.05) is 19.3 Å². The molecule has 1 aliphatic heterocycles. The highest BCUT2D eigenvalue weighted by Gasteiger charge is 2.31.